The molecule has 150 valence electrons. The van der Waals surface area contributed by atoms with Crippen LogP contribution in [0.15, 0.2) is 60.8 Å². The molecule has 2 aromatic heterocycles. The summed E-state index contributed by atoms with van der Waals surface area (Å²) >= 11 is 0. The van der Waals surface area contributed by atoms with Gasteiger partial charge in [-0.25, -0.2) is 4.68 Å². The molecule has 2 fully saturated rings. The van der Waals surface area contributed by atoms with Crippen LogP contribution in [0, 0.1) is 0 Å². The first-order valence-corrected chi connectivity index (χ1v) is 10.7. The molecule has 2 heterocycles. The Morgan fingerprint density at radius 2 is 1.77 bits per heavy atom. The SMILES string of the molecule is NC(=O)[C@H](c1ccc(-n2nc(C3CC3)cc2C2CC2)cc1)c1c[nH]c2ccccc12. The van der Waals surface area contributed by atoms with Crippen molar-refractivity contribution in [3.05, 3.63) is 83.3 Å². The molecule has 3 N–H and O–H groups in total. The molecule has 2 aliphatic rings. The summed E-state index contributed by atoms with van der Waals surface area (Å²) in [5.74, 6) is 0.442. The highest BCUT2D eigenvalue weighted by Gasteiger charge is 2.33. The topological polar surface area (TPSA) is 76.7 Å². The molecular formula is C25H24N4O. The van der Waals surface area contributed by atoms with E-state index in [4.69, 9.17) is 10.8 Å². The van der Waals surface area contributed by atoms with E-state index in [9.17, 15) is 4.79 Å². The number of nitrogens with two attached hydrogens (primary N) is 1. The number of carbonyl (C=O) groups is 1. The summed E-state index contributed by atoms with van der Waals surface area (Å²) in [6.07, 6.45) is 6.90. The highest BCUT2D eigenvalue weighted by molar-refractivity contribution is 5.93. The van der Waals surface area contributed by atoms with Crippen molar-refractivity contribution in [1.82, 2.24) is 14.8 Å². The van der Waals surface area contributed by atoms with Crippen molar-refractivity contribution in [2.75, 3.05) is 0 Å². The van der Waals surface area contributed by atoms with Crippen molar-refractivity contribution < 1.29 is 4.79 Å². The normalized spacial score (nSPS) is 17.3. The molecular weight excluding hydrogens is 372 g/mol. The average molecular weight is 396 g/mol. The molecule has 0 spiro atoms. The lowest BCUT2D eigenvalue weighted by atomic mass is 9.90. The first-order valence-electron chi connectivity index (χ1n) is 10.7. The van der Waals surface area contributed by atoms with Crippen molar-refractivity contribution in [3.63, 3.8) is 0 Å². The van der Waals surface area contributed by atoms with Gasteiger partial charge in [0.1, 0.15) is 0 Å². The molecule has 2 aromatic carbocycles. The number of nitrogens with one attached hydrogen (secondary N) is 1. The molecule has 0 bridgehead atoms. The first kappa shape index (κ1) is 17.5. The van der Waals surface area contributed by atoms with Crippen LogP contribution in [-0.2, 0) is 4.79 Å². The van der Waals surface area contributed by atoms with Gasteiger partial charge >= 0.3 is 0 Å². The second kappa shape index (κ2) is 6.59. The number of H-pyrrole nitrogens is 1. The molecule has 2 aliphatic carbocycles. The minimum absolute atomic E-state index is 0.346. The molecule has 1 amide bonds. The largest absolute Gasteiger partial charge is 0.369 e. The van der Waals surface area contributed by atoms with E-state index >= 15 is 0 Å². The third kappa shape index (κ3) is 2.93. The van der Waals surface area contributed by atoms with Gasteiger partial charge in [0.25, 0.3) is 0 Å². The van der Waals surface area contributed by atoms with Crippen LogP contribution in [0.25, 0.3) is 16.6 Å². The Bertz CT molecular complexity index is 1240. The van der Waals surface area contributed by atoms with E-state index in [1.807, 2.05) is 42.6 Å². The van der Waals surface area contributed by atoms with Crippen molar-refractivity contribution >= 4 is 16.8 Å². The molecule has 6 rings (SSSR count). The Balaban J connectivity index is 1.38. The zero-order valence-corrected chi connectivity index (χ0v) is 16.7. The minimum Gasteiger partial charge on any atom is -0.369 e. The van der Waals surface area contributed by atoms with Gasteiger partial charge in [-0.3, -0.25) is 4.79 Å². The molecule has 4 aromatic rings. The Morgan fingerprint density at radius 3 is 2.47 bits per heavy atom. The van der Waals surface area contributed by atoms with E-state index in [1.165, 1.54) is 37.1 Å². The predicted molar refractivity (Wildman–Crippen MR) is 117 cm³/mol. The lowest BCUT2D eigenvalue weighted by Crippen LogP contribution is -2.22. The van der Waals surface area contributed by atoms with Gasteiger partial charge in [0.15, 0.2) is 0 Å². The molecule has 0 unspecified atom stereocenters. The summed E-state index contributed by atoms with van der Waals surface area (Å²) < 4.78 is 2.11. The van der Waals surface area contributed by atoms with Gasteiger partial charge in [0.05, 0.1) is 17.3 Å². The lowest BCUT2D eigenvalue weighted by Gasteiger charge is -2.15. The number of benzene rings is 2. The van der Waals surface area contributed by atoms with Crippen LogP contribution < -0.4 is 5.73 Å². The fourth-order valence-electron chi connectivity index (χ4n) is 4.51. The van der Waals surface area contributed by atoms with E-state index in [2.05, 4.69) is 27.9 Å². The quantitative estimate of drug-likeness (QED) is 0.494. The Morgan fingerprint density at radius 1 is 1.03 bits per heavy atom. The second-order valence-corrected chi connectivity index (χ2v) is 8.67. The molecule has 5 heteroatoms. The van der Waals surface area contributed by atoms with Crippen LogP contribution >= 0.6 is 0 Å². The number of hydrogen-bond donors (Lipinski definition) is 2. The zero-order chi connectivity index (χ0) is 20.2. The highest BCUT2D eigenvalue weighted by atomic mass is 16.1. The maximum atomic E-state index is 12.4. The smallest absolute Gasteiger partial charge is 0.229 e. The summed E-state index contributed by atoms with van der Waals surface area (Å²) in [6, 6.07) is 18.5. The van der Waals surface area contributed by atoms with E-state index < -0.39 is 5.92 Å². The fraction of sp³-hybridized carbons (Fsp3) is 0.280. The standard InChI is InChI=1S/C25H24N4O/c26-25(30)24(20-14-27-21-4-2-1-3-19(20)21)17-9-11-18(12-10-17)29-23(16-7-8-16)13-22(28-29)15-5-6-15/h1-4,9-16,24,27H,5-8H2,(H2,26,30)/t24-/m1/s1. The van der Waals surface area contributed by atoms with Gasteiger partial charge in [-0.1, -0.05) is 30.3 Å². The third-order valence-corrected chi connectivity index (χ3v) is 6.43. The van der Waals surface area contributed by atoms with Crippen molar-refractivity contribution in [1.29, 1.82) is 0 Å². The Kier molecular flexibility index (Phi) is 3.85. The van der Waals surface area contributed by atoms with E-state index in [1.54, 1.807) is 0 Å². The van der Waals surface area contributed by atoms with Gasteiger partial charge in [-0.2, -0.15) is 5.10 Å². The third-order valence-electron chi connectivity index (χ3n) is 6.43. The number of aromatic amines is 1. The number of para-hydroxylation sites is 1. The second-order valence-electron chi connectivity index (χ2n) is 8.67. The monoisotopic (exact) mass is 396 g/mol. The molecule has 0 radical (unpaired) electrons. The number of aromatic nitrogens is 3. The number of rotatable bonds is 6. The summed E-state index contributed by atoms with van der Waals surface area (Å²) in [6.45, 7) is 0. The summed E-state index contributed by atoms with van der Waals surface area (Å²) in [4.78, 5) is 15.7. The van der Waals surface area contributed by atoms with Crippen LogP contribution in [0.4, 0.5) is 0 Å². The average Bonchev–Trinajstić information content (AvgIpc) is 3.70. The van der Waals surface area contributed by atoms with E-state index in [0.29, 0.717) is 11.8 Å². The molecule has 0 aliphatic heterocycles. The number of fused-ring (bicyclic) bond motifs is 1. The molecule has 2 saturated carbocycles. The minimum atomic E-state index is -0.488. The van der Waals surface area contributed by atoms with Gasteiger partial charge in [0.2, 0.25) is 5.91 Å². The number of primary amides is 1. The highest BCUT2D eigenvalue weighted by Crippen LogP contribution is 2.45. The summed E-state index contributed by atoms with van der Waals surface area (Å²) in [5, 5.41) is 5.95. The number of carbonyl (C=O) groups excluding carboxylic acids is 1. The van der Waals surface area contributed by atoms with E-state index in [-0.39, 0.29) is 5.91 Å². The van der Waals surface area contributed by atoms with Crippen molar-refractivity contribution in [2.24, 2.45) is 5.73 Å². The van der Waals surface area contributed by atoms with Gasteiger partial charge < -0.3 is 10.7 Å². The summed E-state index contributed by atoms with van der Waals surface area (Å²) in [7, 11) is 0. The van der Waals surface area contributed by atoms with Gasteiger partial charge in [-0.05, 0) is 61.1 Å². The number of amides is 1. The van der Waals surface area contributed by atoms with Crippen LogP contribution in [0.5, 0.6) is 0 Å². The first-order chi connectivity index (χ1) is 14.7. The lowest BCUT2D eigenvalue weighted by molar-refractivity contribution is -0.118. The molecule has 1 atom stereocenters. The maximum absolute atomic E-state index is 12.4. The van der Waals surface area contributed by atoms with Crippen LogP contribution in [0.1, 0.15) is 66.0 Å². The Hall–Kier alpha value is -3.34. The van der Waals surface area contributed by atoms with Crippen molar-refractivity contribution in [2.45, 2.75) is 43.4 Å². The Labute approximate surface area is 174 Å². The number of hydrogen-bond acceptors (Lipinski definition) is 2. The van der Waals surface area contributed by atoms with Crippen LogP contribution in [0.2, 0.25) is 0 Å². The predicted octanol–water partition coefficient (Wildman–Crippen LogP) is 4.73. The summed E-state index contributed by atoms with van der Waals surface area (Å²) in [5.41, 5.74) is 12.3. The van der Waals surface area contributed by atoms with Gasteiger partial charge in [0, 0.05) is 34.6 Å². The molecule has 30 heavy (non-hydrogen) atoms. The van der Waals surface area contributed by atoms with Crippen LogP contribution in [0.3, 0.4) is 0 Å². The number of nitrogens with zero attached hydrogens (tertiary/aromatic N) is 2. The van der Waals surface area contributed by atoms with E-state index in [0.717, 1.165) is 27.7 Å². The molecule has 5 nitrogen and oxygen atoms in total. The zero-order valence-electron chi connectivity index (χ0n) is 16.7. The van der Waals surface area contributed by atoms with Crippen LogP contribution in [-0.4, -0.2) is 20.7 Å². The molecule has 0 saturated heterocycles. The van der Waals surface area contributed by atoms with Crippen molar-refractivity contribution in [3.8, 4) is 5.69 Å². The fourth-order valence-corrected chi connectivity index (χ4v) is 4.51. The van der Waals surface area contributed by atoms with Gasteiger partial charge in [-0.15, -0.1) is 0 Å². The maximum Gasteiger partial charge on any atom is 0.229 e.